The van der Waals surface area contributed by atoms with Gasteiger partial charge in [0.1, 0.15) is 34.6 Å². The molecule has 0 aliphatic carbocycles. The van der Waals surface area contributed by atoms with Gasteiger partial charge in [-0.05, 0) is 30.3 Å². The maximum Gasteiger partial charge on any atom is 0.140 e. The number of fused-ring (bicyclic) bond motifs is 1. The summed E-state index contributed by atoms with van der Waals surface area (Å²) in [6.45, 7) is 0. The topological polar surface area (TPSA) is 43.3 Å². The molecule has 6 heteroatoms. The van der Waals surface area contributed by atoms with Crippen molar-refractivity contribution in [2.75, 3.05) is 5.73 Å². The Morgan fingerprint density at radius 3 is 2.53 bits per heavy atom. The van der Waals surface area contributed by atoms with Gasteiger partial charge in [0.25, 0.3) is 0 Å². The Balaban J connectivity index is 2.31. The van der Waals surface area contributed by atoms with E-state index in [4.69, 9.17) is 5.73 Å². The minimum absolute atomic E-state index is 0.0541. The van der Waals surface area contributed by atoms with E-state index in [2.05, 4.69) is 4.98 Å². The van der Waals surface area contributed by atoms with Gasteiger partial charge in [-0.2, -0.15) is 0 Å². The highest BCUT2D eigenvalue weighted by Gasteiger charge is 2.16. The fraction of sp³-hybridized carbons (Fsp3) is 0. The molecule has 0 fully saturated rings. The number of nitrogen functional groups attached to an aromatic ring is 1. The molecule has 0 atom stereocenters. The first kappa shape index (κ1) is 11.6. The molecule has 0 saturated heterocycles. The van der Waals surface area contributed by atoms with E-state index in [0.29, 0.717) is 5.65 Å². The molecule has 2 heterocycles. The van der Waals surface area contributed by atoms with E-state index in [9.17, 15) is 13.2 Å². The van der Waals surface area contributed by atoms with Crippen LogP contribution in [0.25, 0.3) is 16.9 Å². The molecule has 0 unspecified atom stereocenters. The molecular weight excluding hydrogens is 255 g/mol. The number of pyridine rings is 1. The lowest BCUT2D eigenvalue weighted by molar-refractivity contribution is 0.603. The van der Waals surface area contributed by atoms with Crippen LogP contribution in [-0.4, -0.2) is 9.38 Å². The van der Waals surface area contributed by atoms with Gasteiger partial charge in [0.15, 0.2) is 0 Å². The number of aromatic nitrogens is 2. The largest absolute Gasteiger partial charge is 0.383 e. The number of hydrogen-bond donors (Lipinski definition) is 1. The number of benzene rings is 1. The molecule has 0 aliphatic heterocycles. The number of hydrogen-bond acceptors (Lipinski definition) is 2. The van der Waals surface area contributed by atoms with Gasteiger partial charge in [-0.3, -0.25) is 4.40 Å². The third-order valence-corrected chi connectivity index (χ3v) is 2.80. The van der Waals surface area contributed by atoms with Gasteiger partial charge < -0.3 is 5.73 Å². The summed E-state index contributed by atoms with van der Waals surface area (Å²) in [5.74, 6) is -1.68. The van der Waals surface area contributed by atoms with Crippen molar-refractivity contribution < 1.29 is 13.2 Å². The van der Waals surface area contributed by atoms with E-state index >= 15 is 0 Å². The lowest BCUT2D eigenvalue weighted by Crippen LogP contribution is -1.96. The number of anilines is 1. The minimum Gasteiger partial charge on any atom is -0.383 e. The maximum atomic E-state index is 13.7. The molecule has 3 nitrogen and oxygen atoms in total. The molecule has 19 heavy (non-hydrogen) atoms. The zero-order valence-electron chi connectivity index (χ0n) is 9.57. The zero-order chi connectivity index (χ0) is 13.6. The van der Waals surface area contributed by atoms with Crippen LogP contribution < -0.4 is 5.73 Å². The predicted octanol–water partition coefficient (Wildman–Crippen LogP) is 3.00. The number of imidazole rings is 1. The fourth-order valence-corrected chi connectivity index (χ4v) is 1.91. The van der Waals surface area contributed by atoms with Crippen molar-refractivity contribution >= 4 is 11.5 Å². The molecule has 0 amide bonds. The first-order chi connectivity index (χ1) is 9.06. The number of nitrogens with zero attached hydrogens (tertiary/aromatic N) is 2. The van der Waals surface area contributed by atoms with Crippen LogP contribution >= 0.6 is 0 Å². The second-order valence-corrected chi connectivity index (χ2v) is 4.05. The third kappa shape index (κ3) is 1.81. The molecule has 0 bridgehead atoms. The van der Waals surface area contributed by atoms with E-state index < -0.39 is 17.5 Å². The quantitative estimate of drug-likeness (QED) is 0.733. The Bertz CT molecular complexity index is 780. The molecule has 0 radical (unpaired) electrons. The summed E-state index contributed by atoms with van der Waals surface area (Å²) in [4.78, 5) is 4.09. The van der Waals surface area contributed by atoms with Crippen LogP contribution in [-0.2, 0) is 0 Å². The Morgan fingerprint density at radius 1 is 1.00 bits per heavy atom. The Labute approximate surface area is 106 Å². The van der Waals surface area contributed by atoms with Gasteiger partial charge in [0.2, 0.25) is 0 Å². The molecule has 1 aromatic carbocycles. The number of halogens is 3. The lowest BCUT2D eigenvalue weighted by atomic mass is 10.1. The van der Waals surface area contributed by atoms with Gasteiger partial charge in [-0.15, -0.1) is 0 Å². The molecular formula is C13H8F3N3. The molecule has 0 spiro atoms. The van der Waals surface area contributed by atoms with Crippen molar-refractivity contribution in [2.45, 2.75) is 0 Å². The summed E-state index contributed by atoms with van der Waals surface area (Å²) in [5.41, 5.74) is 6.19. The maximum absolute atomic E-state index is 13.7. The highest BCUT2D eigenvalue weighted by atomic mass is 19.1. The highest BCUT2D eigenvalue weighted by molar-refractivity contribution is 5.75. The second kappa shape index (κ2) is 4.01. The van der Waals surface area contributed by atoms with E-state index in [0.717, 1.165) is 24.4 Å². The van der Waals surface area contributed by atoms with Crippen LogP contribution in [0.5, 0.6) is 0 Å². The first-order valence-electron chi connectivity index (χ1n) is 5.45. The molecule has 2 aromatic heterocycles. The predicted molar refractivity (Wildman–Crippen MR) is 64.9 cm³/mol. The SMILES string of the molecule is Nc1c(-c2cc(F)ccc2F)nc2ccc(F)cn12. The zero-order valence-corrected chi connectivity index (χ0v) is 9.57. The lowest BCUT2D eigenvalue weighted by Gasteiger charge is -2.01. The average molecular weight is 263 g/mol. The van der Waals surface area contributed by atoms with Crippen molar-refractivity contribution in [3.63, 3.8) is 0 Å². The van der Waals surface area contributed by atoms with Gasteiger partial charge in [0.05, 0.1) is 0 Å². The number of rotatable bonds is 1. The van der Waals surface area contributed by atoms with Crippen LogP contribution in [0.3, 0.4) is 0 Å². The smallest absolute Gasteiger partial charge is 0.140 e. The molecule has 96 valence electrons. The van der Waals surface area contributed by atoms with Gasteiger partial charge in [0, 0.05) is 11.8 Å². The molecule has 0 saturated carbocycles. The van der Waals surface area contributed by atoms with Crippen molar-refractivity contribution in [1.82, 2.24) is 9.38 Å². The summed E-state index contributed by atoms with van der Waals surface area (Å²) in [6.07, 6.45) is 1.14. The fourth-order valence-electron chi connectivity index (χ4n) is 1.91. The van der Waals surface area contributed by atoms with Gasteiger partial charge in [-0.25, -0.2) is 18.2 Å². The molecule has 3 rings (SSSR count). The van der Waals surface area contributed by atoms with Crippen LogP contribution in [0.4, 0.5) is 19.0 Å². The third-order valence-electron chi connectivity index (χ3n) is 2.80. The normalized spacial score (nSPS) is 11.1. The van der Waals surface area contributed by atoms with Gasteiger partial charge in [-0.1, -0.05) is 0 Å². The molecule has 2 N–H and O–H groups in total. The van der Waals surface area contributed by atoms with Crippen LogP contribution in [0, 0.1) is 17.5 Å². The Hall–Kier alpha value is -2.50. The van der Waals surface area contributed by atoms with E-state index in [1.807, 2.05) is 0 Å². The standard InChI is InChI=1S/C13H8F3N3/c14-7-1-3-10(16)9(5-7)12-13(17)19-6-8(15)2-4-11(19)18-12/h1-6H,17H2. The van der Waals surface area contributed by atoms with E-state index in [1.165, 1.54) is 16.5 Å². The Morgan fingerprint density at radius 2 is 1.74 bits per heavy atom. The summed E-state index contributed by atoms with van der Waals surface area (Å²) in [6, 6.07) is 5.63. The summed E-state index contributed by atoms with van der Waals surface area (Å²) >= 11 is 0. The molecule has 3 aromatic rings. The van der Waals surface area contributed by atoms with Crippen molar-refractivity contribution in [2.24, 2.45) is 0 Å². The summed E-state index contributed by atoms with van der Waals surface area (Å²) in [5, 5.41) is 0. The number of nitrogens with two attached hydrogens (primary N) is 1. The second-order valence-electron chi connectivity index (χ2n) is 4.05. The van der Waals surface area contributed by atoms with Crippen LogP contribution in [0.15, 0.2) is 36.5 Å². The van der Waals surface area contributed by atoms with Crippen LogP contribution in [0.2, 0.25) is 0 Å². The van der Waals surface area contributed by atoms with Crippen molar-refractivity contribution in [1.29, 1.82) is 0 Å². The van der Waals surface area contributed by atoms with Crippen LogP contribution in [0.1, 0.15) is 0 Å². The Kier molecular flexibility index (Phi) is 2.45. The monoisotopic (exact) mass is 263 g/mol. The van der Waals surface area contributed by atoms with Crippen molar-refractivity contribution in [3.05, 3.63) is 54.0 Å². The molecule has 0 aliphatic rings. The average Bonchev–Trinajstić information content (AvgIpc) is 2.70. The first-order valence-corrected chi connectivity index (χ1v) is 5.45. The van der Waals surface area contributed by atoms with E-state index in [-0.39, 0.29) is 17.1 Å². The summed E-state index contributed by atoms with van der Waals surface area (Å²) in [7, 11) is 0. The van der Waals surface area contributed by atoms with Gasteiger partial charge >= 0.3 is 0 Å². The van der Waals surface area contributed by atoms with Crippen molar-refractivity contribution in [3.8, 4) is 11.3 Å². The summed E-state index contributed by atoms with van der Waals surface area (Å²) < 4.78 is 41.3. The highest BCUT2D eigenvalue weighted by Crippen LogP contribution is 2.29. The minimum atomic E-state index is -0.642. The van der Waals surface area contributed by atoms with E-state index in [1.54, 1.807) is 0 Å².